The number of aromatic amines is 1. The number of rotatable bonds is 7. The Hall–Kier alpha value is -3.25. The van der Waals surface area contributed by atoms with Crippen LogP contribution in [0, 0.1) is 11.3 Å². The molecule has 1 aromatic heterocycles. The minimum absolute atomic E-state index is 0.0216. The van der Waals surface area contributed by atoms with Crippen molar-refractivity contribution in [1.82, 2.24) is 10.3 Å². The van der Waals surface area contributed by atoms with Crippen molar-refractivity contribution in [3.05, 3.63) is 74.6 Å². The zero-order valence-corrected chi connectivity index (χ0v) is 17.7. The van der Waals surface area contributed by atoms with Gasteiger partial charge in [-0.3, -0.25) is 9.59 Å². The molecule has 1 unspecified atom stereocenters. The molecule has 1 aliphatic carbocycles. The summed E-state index contributed by atoms with van der Waals surface area (Å²) in [4.78, 5) is 27.8. The number of nitriles is 1. The maximum Gasteiger partial charge on any atom is 0.261 e. The van der Waals surface area contributed by atoms with Crippen LogP contribution < -0.4 is 10.9 Å². The lowest BCUT2D eigenvalue weighted by Crippen LogP contribution is -2.31. The van der Waals surface area contributed by atoms with E-state index >= 15 is 0 Å². The van der Waals surface area contributed by atoms with Crippen molar-refractivity contribution in [3.63, 3.8) is 0 Å². The Morgan fingerprint density at radius 1 is 1.29 bits per heavy atom. The fraction of sp³-hybridized carbons (Fsp3) is 0.318. The molecule has 0 saturated carbocycles. The topological polar surface area (TPSA) is 115 Å². The maximum atomic E-state index is 13.2. The number of carbonyl (C=O) groups excluding carboxylic acids is 1. The van der Waals surface area contributed by atoms with Gasteiger partial charge in [-0.15, -0.1) is 0 Å². The second-order valence-electron chi connectivity index (χ2n) is 7.05. The van der Waals surface area contributed by atoms with E-state index in [9.17, 15) is 18.2 Å². The van der Waals surface area contributed by atoms with Crippen LogP contribution in [0.4, 0.5) is 4.39 Å². The molecule has 2 aromatic rings. The molecular formula is C22H23FN4O3S. The molecule has 1 aromatic carbocycles. The summed E-state index contributed by atoms with van der Waals surface area (Å²) >= 11 is 0. The predicted octanol–water partition coefficient (Wildman–Crippen LogP) is 2.87. The molecule has 9 heteroatoms. The third-order valence-electron chi connectivity index (χ3n) is 4.93. The van der Waals surface area contributed by atoms with Crippen molar-refractivity contribution >= 4 is 15.6 Å². The van der Waals surface area contributed by atoms with E-state index in [0.29, 0.717) is 10.5 Å². The summed E-state index contributed by atoms with van der Waals surface area (Å²) in [6.07, 6.45) is 5.14. The number of alkyl halides is 1. The zero-order chi connectivity index (χ0) is 22.3. The summed E-state index contributed by atoms with van der Waals surface area (Å²) in [5, 5.41) is 12.8. The van der Waals surface area contributed by atoms with Crippen molar-refractivity contribution in [2.24, 2.45) is 4.36 Å². The van der Waals surface area contributed by atoms with Gasteiger partial charge in [0.2, 0.25) is 0 Å². The summed E-state index contributed by atoms with van der Waals surface area (Å²) in [7, 11) is -3.06. The minimum Gasteiger partial charge on any atom is -0.348 e. The van der Waals surface area contributed by atoms with Crippen LogP contribution in [0.3, 0.4) is 0 Å². The van der Waals surface area contributed by atoms with Crippen molar-refractivity contribution in [1.29, 1.82) is 5.26 Å². The largest absolute Gasteiger partial charge is 0.348 e. The van der Waals surface area contributed by atoms with Crippen LogP contribution in [0.2, 0.25) is 0 Å². The van der Waals surface area contributed by atoms with Crippen LogP contribution in [0.15, 0.2) is 55.9 Å². The lowest BCUT2D eigenvalue weighted by Gasteiger charge is -2.15. The summed E-state index contributed by atoms with van der Waals surface area (Å²) in [6.45, 7) is -0.966. The number of aromatic nitrogens is 1. The van der Waals surface area contributed by atoms with Gasteiger partial charge < -0.3 is 10.3 Å². The summed E-state index contributed by atoms with van der Waals surface area (Å²) in [6, 6.07) is 9.67. The molecule has 1 aliphatic rings. The molecule has 1 heterocycles. The van der Waals surface area contributed by atoms with Gasteiger partial charge >= 0.3 is 0 Å². The fourth-order valence-corrected chi connectivity index (χ4v) is 4.98. The molecule has 0 aliphatic heterocycles. The molecule has 7 nitrogen and oxygen atoms in total. The first-order valence-electron chi connectivity index (χ1n) is 9.96. The molecule has 0 saturated heterocycles. The monoisotopic (exact) mass is 442 g/mol. The average Bonchev–Trinajstić information content (AvgIpc) is 2.80. The number of carbonyl (C=O) groups is 1. The van der Waals surface area contributed by atoms with Gasteiger partial charge in [-0.25, -0.2) is 13.0 Å². The standard InChI is InChI=1S/C22H23FN4O3S/c23-10-12-26-31(30,18-8-6-16(15-24)7-9-18)13-3-11-25-21(28)19-14-17-4-1-2-5-20(17)27-22(19)29/h3,6-9,13-14H,1-2,4-5,10-12H2,(H,25,28)(H,27,29)/b13-3+. The van der Waals surface area contributed by atoms with Crippen LogP contribution in [0.1, 0.15) is 40.0 Å². The van der Waals surface area contributed by atoms with Gasteiger partial charge in [0, 0.05) is 17.6 Å². The molecule has 31 heavy (non-hydrogen) atoms. The highest BCUT2D eigenvalue weighted by Crippen LogP contribution is 2.19. The number of H-pyrrole nitrogens is 1. The number of hydrogen-bond donors (Lipinski definition) is 2. The number of nitrogens with zero attached hydrogens (tertiary/aromatic N) is 2. The van der Waals surface area contributed by atoms with Crippen LogP contribution in [0.25, 0.3) is 0 Å². The van der Waals surface area contributed by atoms with Gasteiger partial charge in [-0.1, -0.05) is 6.08 Å². The first kappa shape index (κ1) is 22.4. The van der Waals surface area contributed by atoms with E-state index in [1.54, 1.807) is 6.07 Å². The molecule has 1 atom stereocenters. The highest BCUT2D eigenvalue weighted by molar-refractivity contribution is 7.96. The summed E-state index contributed by atoms with van der Waals surface area (Å²) in [5.74, 6) is -0.523. The zero-order valence-electron chi connectivity index (χ0n) is 16.9. The van der Waals surface area contributed by atoms with Crippen molar-refractivity contribution in [3.8, 4) is 6.07 Å². The predicted molar refractivity (Wildman–Crippen MR) is 116 cm³/mol. The highest BCUT2D eigenvalue weighted by atomic mass is 32.2. The molecule has 2 N–H and O–H groups in total. The molecule has 0 fully saturated rings. The first-order valence-corrected chi connectivity index (χ1v) is 11.5. The lowest BCUT2D eigenvalue weighted by atomic mass is 9.95. The average molecular weight is 443 g/mol. The van der Waals surface area contributed by atoms with E-state index in [-0.39, 0.29) is 18.7 Å². The van der Waals surface area contributed by atoms with Gasteiger partial charge in [0.15, 0.2) is 0 Å². The number of amides is 1. The summed E-state index contributed by atoms with van der Waals surface area (Å²) in [5.41, 5.74) is 1.90. The third kappa shape index (κ3) is 5.47. The Morgan fingerprint density at radius 2 is 2.03 bits per heavy atom. The third-order valence-corrected chi connectivity index (χ3v) is 7.01. The number of halogens is 1. The smallest absolute Gasteiger partial charge is 0.261 e. The SMILES string of the molecule is N#Cc1ccc(S(=O)(/C=C/CNC(=O)c2cc3c([nH]c2=O)CCCC3)=NCCF)cc1. The number of benzene rings is 1. The number of hydrogen-bond acceptors (Lipinski definition) is 5. The number of aryl methyl sites for hydroxylation is 2. The van der Waals surface area contributed by atoms with Crippen LogP contribution in [0.5, 0.6) is 0 Å². The Morgan fingerprint density at radius 3 is 2.74 bits per heavy atom. The first-order chi connectivity index (χ1) is 15.0. The van der Waals surface area contributed by atoms with E-state index in [1.807, 2.05) is 6.07 Å². The van der Waals surface area contributed by atoms with Gasteiger partial charge in [-0.2, -0.15) is 5.26 Å². The minimum atomic E-state index is -3.06. The number of nitrogens with one attached hydrogen (secondary N) is 2. The quantitative estimate of drug-likeness (QED) is 0.686. The molecule has 162 valence electrons. The lowest BCUT2D eigenvalue weighted by molar-refractivity contribution is 0.0956. The van der Waals surface area contributed by atoms with E-state index in [1.165, 1.54) is 35.7 Å². The molecule has 3 rings (SSSR count). The maximum absolute atomic E-state index is 13.2. The van der Waals surface area contributed by atoms with Crippen molar-refractivity contribution in [2.75, 3.05) is 19.8 Å². The molecule has 0 radical (unpaired) electrons. The number of pyridine rings is 1. The van der Waals surface area contributed by atoms with Crippen LogP contribution in [-0.2, 0) is 22.6 Å². The van der Waals surface area contributed by atoms with Gasteiger partial charge in [0.05, 0.1) is 32.8 Å². The highest BCUT2D eigenvalue weighted by Gasteiger charge is 2.16. The molecule has 0 bridgehead atoms. The second kappa shape index (κ2) is 10.2. The fourth-order valence-electron chi connectivity index (χ4n) is 3.36. The normalized spacial score (nSPS) is 15.0. The van der Waals surface area contributed by atoms with E-state index in [4.69, 9.17) is 5.26 Å². The Labute approximate surface area is 180 Å². The van der Waals surface area contributed by atoms with Crippen LogP contribution >= 0.6 is 0 Å². The van der Waals surface area contributed by atoms with Gasteiger partial charge in [-0.05, 0) is 61.6 Å². The Kier molecular flexibility index (Phi) is 7.36. The molecular weight excluding hydrogens is 419 g/mol. The Balaban J connectivity index is 1.73. The van der Waals surface area contributed by atoms with E-state index in [0.717, 1.165) is 36.9 Å². The van der Waals surface area contributed by atoms with Gasteiger partial charge in [0.25, 0.3) is 11.5 Å². The van der Waals surface area contributed by atoms with Crippen molar-refractivity contribution < 1.29 is 13.4 Å². The van der Waals surface area contributed by atoms with Gasteiger partial charge in [0.1, 0.15) is 12.2 Å². The molecule has 1 amide bonds. The molecule has 0 spiro atoms. The van der Waals surface area contributed by atoms with Crippen molar-refractivity contribution in [2.45, 2.75) is 30.6 Å². The number of fused-ring (bicyclic) bond motifs is 1. The second-order valence-corrected chi connectivity index (χ2v) is 9.19. The van der Waals surface area contributed by atoms with Crippen LogP contribution in [-0.4, -0.2) is 34.9 Å². The Bertz CT molecular complexity index is 1200. The summed E-state index contributed by atoms with van der Waals surface area (Å²) < 4.78 is 29.8. The van der Waals surface area contributed by atoms with E-state index < -0.39 is 27.9 Å². The van der Waals surface area contributed by atoms with E-state index in [2.05, 4.69) is 14.7 Å².